The van der Waals surface area contributed by atoms with Gasteiger partial charge in [0.05, 0.1) is 24.0 Å². The lowest BCUT2D eigenvalue weighted by atomic mass is 9.76. The highest BCUT2D eigenvalue weighted by Crippen LogP contribution is 2.38. The lowest BCUT2D eigenvalue weighted by Gasteiger charge is -2.30. The summed E-state index contributed by atoms with van der Waals surface area (Å²) < 4.78 is 6.03. The van der Waals surface area contributed by atoms with Gasteiger partial charge in [-0.25, -0.2) is 0 Å². The third-order valence-corrected chi connectivity index (χ3v) is 6.00. The molecule has 1 aromatic rings. The largest absolute Gasteiger partial charge is 0.498 e. The Bertz CT molecular complexity index is 575. The van der Waals surface area contributed by atoms with E-state index < -0.39 is 0 Å². The Hall–Kier alpha value is -1.75. The third kappa shape index (κ3) is 7.79. The van der Waals surface area contributed by atoms with Gasteiger partial charge in [-0.3, -0.25) is 0 Å². The van der Waals surface area contributed by atoms with E-state index in [2.05, 4.69) is 38.1 Å². The molecule has 0 bridgehead atoms. The number of allylic oxidation sites excluding steroid dienone is 1. The van der Waals surface area contributed by atoms with Crippen LogP contribution in [-0.2, 0) is 4.74 Å². The van der Waals surface area contributed by atoms with E-state index in [1.165, 1.54) is 63.4 Å². The van der Waals surface area contributed by atoms with Gasteiger partial charge >= 0.3 is 0 Å². The molecule has 1 unspecified atom stereocenters. The summed E-state index contributed by atoms with van der Waals surface area (Å²) in [7, 11) is 0. The van der Waals surface area contributed by atoms with Crippen molar-refractivity contribution >= 4 is 0 Å². The van der Waals surface area contributed by atoms with Crippen molar-refractivity contribution in [3.8, 4) is 6.07 Å². The number of rotatable bonds is 11. The summed E-state index contributed by atoms with van der Waals surface area (Å²) in [5.41, 5.74) is 2.16. The first-order chi connectivity index (χ1) is 13.3. The lowest BCUT2D eigenvalue weighted by Crippen LogP contribution is -2.19. The highest BCUT2D eigenvalue weighted by molar-refractivity contribution is 5.33. The van der Waals surface area contributed by atoms with Crippen molar-refractivity contribution in [2.75, 3.05) is 0 Å². The van der Waals surface area contributed by atoms with Crippen molar-refractivity contribution in [3.05, 3.63) is 47.7 Å². The molecule has 2 rings (SSSR count). The Morgan fingerprint density at radius 3 is 2.44 bits per heavy atom. The van der Waals surface area contributed by atoms with Crippen LogP contribution in [-0.4, -0.2) is 6.10 Å². The molecule has 2 heteroatoms. The number of benzene rings is 1. The zero-order chi connectivity index (χ0) is 19.3. The Balaban J connectivity index is 1.68. The Kier molecular flexibility index (Phi) is 10.1. The van der Waals surface area contributed by atoms with Crippen LogP contribution in [0, 0.1) is 17.2 Å². The number of hydrogen-bond donors (Lipinski definition) is 0. The van der Waals surface area contributed by atoms with Crippen molar-refractivity contribution in [2.24, 2.45) is 5.92 Å². The highest BCUT2D eigenvalue weighted by Gasteiger charge is 2.24. The summed E-state index contributed by atoms with van der Waals surface area (Å²) in [6.45, 7) is 4.49. The second-order valence-electron chi connectivity index (χ2n) is 8.07. The van der Waals surface area contributed by atoms with Gasteiger partial charge in [0.15, 0.2) is 0 Å². The van der Waals surface area contributed by atoms with Gasteiger partial charge in [0.1, 0.15) is 0 Å². The van der Waals surface area contributed by atoms with Crippen LogP contribution in [0.3, 0.4) is 0 Å². The normalized spacial score (nSPS) is 21.1. The van der Waals surface area contributed by atoms with Gasteiger partial charge in [0.2, 0.25) is 0 Å². The van der Waals surface area contributed by atoms with Crippen LogP contribution >= 0.6 is 0 Å². The molecular weight excluding hydrogens is 330 g/mol. The van der Waals surface area contributed by atoms with E-state index in [9.17, 15) is 0 Å². The Morgan fingerprint density at radius 1 is 1.07 bits per heavy atom. The number of ether oxygens (including phenoxy) is 1. The van der Waals surface area contributed by atoms with E-state index in [1.54, 1.807) is 0 Å². The molecule has 1 aromatic carbocycles. The number of unbranched alkanes of at least 4 members (excludes halogenated alkanes) is 4. The molecule has 1 saturated carbocycles. The van der Waals surface area contributed by atoms with E-state index in [1.807, 2.05) is 18.4 Å². The van der Waals surface area contributed by atoms with Crippen molar-refractivity contribution in [3.63, 3.8) is 0 Å². The van der Waals surface area contributed by atoms with Gasteiger partial charge in [-0.2, -0.15) is 5.26 Å². The number of hydrogen-bond acceptors (Lipinski definition) is 2. The summed E-state index contributed by atoms with van der Waals surface area (Å²) in [6.07, 6.45) is 18.3. The maximum Gasteiger partial charge on any atom is 0.0991 e. The molecule has 1 fully saturated rings. The van der Waals surface area contributed by atoms with Gasteiger partial charge in [-0.05, 0) is 87.0 Å². The van der Waals surface area contributed by atoms with E-state index in [-0.39, 0.29) is 0 Å². The quantitative estimate of drug-likeness (QED) is 0.299. The Labute approximate surface area is 166 Å². The second-order valence-corrected chi connectivity index (χ2v) is 8.07. The summed E-state index contributed by atoms with van der Waals surface area (Å²) in [5, 5.41) is 8.94. The van der Waals surface area contributed by atoms with Crippen LogP contribution < -0.4 is 0 Å². The summed E-state index contributed by atoms with van der Waals surface area (Å²) in [6, 6.07) is 10.4. The first kappa shape index (κ1) is 21.5. The predicted octanol–water partition coefficient (Wildman–Crippen LogP) is 7.50. The molecule has 0 N–H and O–H groups in total. The molecule has 1 atom stereocenters. The molecule has 2 nitrogen and oxygen atoms in total. The molecule has 1 aliphatic rings. The maximum atomic E-state index is 8.94. The van der Waals surface area contributed by atoms with Crippen molar-refractivity contribution < 1.29 is 4.74 Å². The average molecular weight is 368 g/mol. The molecule has 0 radical (unpaired) electrons. The zero-order valence-corrected chi connectivity index (χ0v) is 17.3. The van der Waals surface area contributed by atoms with Crippen LogP contribution in [0.15, 0.2) is 36.6 Å². The monoisotopic (exact) mass is 367 g/mol. The van der Waals surface area contributed by atoms with Gasteiger partial charge in [0.25, 0.3) is 0 Å². The average Bonchev–Trinajstić information content (AvgIpc) is 2.73. The van der Waals surface area contributed by atoms with Crippen LogP contribution in [0.25, 0.3) is 0 Å². The maximum absolute atomic E-state index is 8.94. The van der Waals surface area contributed by atoms with Crippen LogP contribution in [0.4, 0.5) is 0 Å². The first-order valence-electron chi connectivity index (χ1n) is 11.1. The molecule has 1 aliphatic carbocycles. The molecule has 0 spiro atoms. The topological polar surface area (TPSA) is 33.0 Å². The summed E-state index contributed by atoms with van der Waals surface area (Å²) in [5.74, 6) is 1.46. The van der Waals surface area contributed by atoms with Gasteiger partial charge in [0, 0.05) is 0 Å². The highest BCUT2D eigenvalue weighted by atomic mass is 16.5. The van der Waals surface area contributed by atoms with E-state index in [0.717, 1.165) is 24.3 Å². The molecule has 148 valence electrons. The smallest absolute Gasteiger partial charge is 0.0991 e. The third-order valence-electron chi connectivity index (χ3n) is 6.00. The molecule has 27 heavy (non-hydrogen) atoms. The first-order valence-corrected chi connectivity index (χ1v) is 11.1. The molecule has 0 aliphatic heterocycles. The zero-order valence-electron chi connectivity index (χ0n) is 17.3. The number of nitriles is 1. The molecule has 0 saturated heterocycles. The second kappa shape index (κ2) is 12.6. The van der Waals surface area contributed by atoms with Crippen LogP contribution in [0.1, 0.15) is 102 Å². The lowest BCUT2D eigenvalue weighted by molar-refractivity contribution is 0.102. The Morgan fingerprint density at radius 2 is 1.81 bits per heavy atom. The SMILES string of the molecule is CCCCCC/C=C/OC(CC)CC1CCC(c2ccc(C#N)cc2)CC1. The van der Waals surface area contributed by atoms with E-state index in [0.29, 0.717) is 12.0 Å². The van der Waals surface area contributed by atoms with Crippen LogP contribution in [0.2, 0.25) is 0 Å². The van der Waals surface area contributed by atoms with Crippen molar-refractivity contribution in [1.82, 2.24) is 0 Å². The van der Waals surface area contributed by atoms with E-state index in [4.69, 9.17) is 10.00 Å². The minimum absolute atomic E-state index is 0.369. The van der Waals surface area contributed by atoms with Gasteiger partial charge < -0.3 is 4.74 Å². The minimum atomic E-state index is 0.369. The standard InChI is InChI=1S/C25H37NO/c1-3-5-6-7-8-9-18-27-25(4-2)19-21-10-14-23(15-11-21)24-16-12-22(20-26)13-17-24/h9,12-13,16-18,21,23,25H,3-8,10-11,14-15,19H2,1-2H3/b18-9+. The van der Waals surface area contributed by atoms with E-state index >= 15 is 0 Å². The molecule has 0 heterocycles. The van der Waals surface area contributed by atoms with Gasteiger partial charge in [-0.1, -0.05) is 45.2 Å². The molecule has 0 amide bonds. The molecular formula is C25H37NO. The fraction of sp³-hybridized carbons (Fsp3) is 0.640. The fourth-order valence-electron chi connectivity index (χ4n) is 4.18. The van der Waals surface area contributed by atoms with Crippen molar-refractivity contribution in [1.29, 1.82) is 5.26 Å². The number of nitrogens with zero attached hydrogens (tertiary/aromatic N) is 1. The van der Waals surface area contributed by atoms with Gasteiger partial charge in [-0.15, -0.1) is 0 Å². The summed E-state index contributed by atoms with van der Waals surface area (Å²) in [4.78, 5) is 0. The van der Waals surface area contributed by atoms with Crippen molar-refractivity contribution in [2.45, 2.75) is 96.5 Å². The predicted molar refractivity (Wildman–Crippen MR) is 114 cm³/mol. The van der Waals surface area contributed by atoms with Crippen LogP contribution in [0.5, 0.6) is 0 Å². The molecule has 0 aromatic heterocycles. The fourth-order valence-corrected chi connectivity index (χ4v) is 4.18. The minimum Gasteiger partial charge on any atom is -0.498 e. The summed E-state index contributed by atoms with van der Waals surface area (Å²) >= 11 is 0.